The number of hydrogen-bond acceptors (Lipinski definition) is 2. The van der Waals surface area contributed by atoms with E-state index in [1.807, 2.05) is 35.6 Å². The Hall–Kier alpha value is -1.32. The summed E-state index contributed by atoms with van der Waals surface area (Å²) in [4.78, 5) is 4.45. The number of nitrogens with zero attached hydrogens (tertiary/aromatic N) is 3. The van der Waals surface area contributed by atoms with Gasteiger partial charge in [-0.25, -0.2) is 14.1 Å². The van der Waals surface area contributed by atoms with Crippen LogP contribution >= 0.6 is 0 Å². The fraction of sp³-hybridized carbons (Fsp3) is 0.636. The number of methoxy groups -OCH3 is 1. The van der Waals surface area contributed by atoms with Gasteiger partial charge in [-0.2, -0.15) is 0 Å². The van der Waals surface area contributed by atoms with Gasteiger partial charge in [0.1, 0.15) is 12.4 Å². The van der Waals surface area contributed by atoms with Crippen LogP contribution < -0.4 is 4.57 Å². The van der Waals surface area contributed by atoms with Gasteiger partial charge in [0.05, 0.1) is 21.2 Å². The molecule has 15 heavy (non-hydrogen) atoms. The maximum Gasteiger partial charge on any atom is 0.344 e. The van der Waals surface area contributed by atoms with Crippen molar-refractivity contribution in [2.75, 3.05) is 13.7 Å². The van der Waals surface area contributed by atoms with Gasteiger partial charge in [-0.05, 0) is 6.42 Å². The topological polar surface area (TPSA) is 30.4 Å². The van der Waals surface area contributed by atoms with Crippen molar-refractivity contribution in [1.29, 1.82) is 0 Å². The van der Waals surface area contributed by atoms with E-state index in [0.717, 1.165) is 25.2 Å². The Balaban J connectivity index is 2.87. The summed E-state index contributed by atoms with van der Waals surface area (Å²) in [5, 5.41) is 0. The molecule has 0 aromatic carbocycles. The zero-order chi connectivity index (χ0) is 11.3. The first-order chi connectivity index (χ1) is 7.20. The number of imidazole rings is 1. The third kappa shape index (κ3) is 2.81. The van der Waals surface area contributed by atoms with Crippen molar-refractivity contribution < 1.29 is 9.30 Å². The van der Waals surface area contributed by atoms with Crippen molar-refractivity contribution in [3.05, 3.63) is 18.2 Å². The van der Waals surface area contributed by atoms with E-state index in [0.29, 0.717) is 5.90 Å². The molecule has 0 saturated heterocycles. The molecule has 0 atom stereocenters. The van der Waals surface area contributed by atoms with E-state index < -0.39 is 0 Å². The summed E-state index contributed by atoms with van der Waals surface area (Å²) >= 11 is 0. The van der Waals surface area contributed by atoms with Crippen LogP contribution in [0.3, 0.4) is 0 Å². The first-order valence-electron chi connectivity index (χ1n) is 5.30. The van der Waals surface area contributed by atoms with Crippen LogP contribution in [0.1, 0.15) is 25.6 Å². The van der Waals surface area contributed by atoms with Crippen molar-refractivity contribution in [2.45, 2.75) is 19.8 Å². The van der Waals surface area contributed by atoms with Crippen LogP contribution in [0.15, 0.2) is 17.4 Å². The maximum atomic E-state index is 5.31. The normalized spacial score (nSPS) is 11.9. The summed E-state index contributed by atoms with van der Waals surface area (Å²) in [6.07, 6.45) is 6.23. The van der Waals surface area contributed by atoms with Gasteiger partial charge in [0, 0.05) is 6.54 Å². The van der Waals surface area contributed by atoms with Crippen LogP contribution in [-0.2, 0) is 18.8 Å². The molecule has 0 spiro atoms. The van der Waals surface area contributed by atoms with Crippen molar-refractivity contribution in [2.24, 2.45) is 19.1 Å². The smallest absolute Gasteiger partial charge is 0.344 e. The van der Waals surface area contributed by atoms with Gasteiger partial charge in [0.15, 0.2) is 0 Å². The Kier molecular flexibility index (Phi) is 4.34. The highest BCUT2D eigenvalue weighted by molar-refractivity contribution is 5.89. The minimum atomic E-state index is 0.707. The number of unbranched alkanes of at least 4 members (excludes halogenated alkanes) is 1. The number of rotatable bonds is 4. The van der Waals surface area contributed by atoms with Gasteiger partial charge in [-0.15, -0.1) is 0 Å². The molecule has 0 unspecified atom stereocenters. The highest BCUT2D eigenvalue weighted by Crippen LogP contribution is 1.98. The van der Waals surface area contributed by atoms with Crippen molar-refractivity contribution in [1.82, 2.24) is 4.57 Å². The summed E-state index contributed by atoms with van der Waals surface area (Å²) in [5.74, 6) is 1.70. The lowest BCUT2D eigenvalue weighted by atomic mass is 10.3. The molecule has 0 amide bonds. The van der Waals surface area contributed by atoms with Gasteiger partial charge < -0.3 is 4.74 Å². The van der Waals surface area contributed by atoms with Crippen LogP contribution in [0.25, 0.3) is 0 Å². The highest BCUT2D eigenvalue weighted by atomic mass is 16.5. The molecule has 0 saturated carbocycles. The standard InChI is InChI=1S/C11H20N3O/c1-5-6-7-12-10(15-4)11-13(2)8-9-14(11)3/h8-9H,5-7H2,1-4H3/q+1. The van der Waals surface area contributed by atoms with Gasteiger partial charge in [-0.3, -0.25) is 0 Å². The van der Waals surface area contributed by atoms with Gasteiger partial charge in [0.2, 0.25) is 0 Å². The molecule has 1 aromatic heterocycles. The predicted octanol–water partition coefficient (Wildman–Crippen LogP) is 1.04. The van der Waals surface area contributed by atoms with E-state index >= 15 is 0 Å². The lowest BCUT2D eigenvalue weighted by Crippen LogP contribution is -2.35. The lowest BCUT2D eigenvalue weighted by molar-refractivity contribution is -0.672. The summed E-state index contributed by atoms with van der Waals surface area (Å²) in [5.41, 5.74) is 0. The number of aliphatic imine (C=N–C) groups is 1. The summed E-state index contributed by atoms with van der Waals surface area (Å²) in [7, 11) is 5.64. The quantitative estimate of drug-likeness (QED) is 0.316. The molecule has 84 valence electrons. The van der Waals surface area contributed by atoms with Crippen LogP contribution in [-0.4, -0.2) is 24.1 Å². The van der Waals surface area contributed by atoms with E-state index in [1.165, 1.54) is 0 Å². The largest absolute Gasteiger partial charge is 0.475 e. The van der Waals surface area contributed by atoms with Crippen LogP contribution in [0, 0.1) is 0 Å². The molecule has 0 radical (unpaired) electrons. The molecule has 4 nitrogen and oxygen atoms in total. The molecule has 1 aromatic rings. The Morgan fingerprint density at radius 3 is 2.80 bits per heavy atom. The maximum absolute atomic E-state index is 5.31. The molecule has 1 rings (SSSR count). The average Bonchev–Trinajstić information content (AvgIpc) is 2.55. The van der Waals surface area contributed by atoms with Crippen LogP contribution in [0.5, 0.6) is 0 Å². The molecular weight excluding hydrogens is 190 g/mol. The summed E-state index contributed by atoms with van der Waals surface area (Å²) in [6, 6.07) is 0. The third-order valence-electron chi connectivity index (χ3n) is 2.33. The minimum absolute atomic E-state index is 0.707. The second-order valence-corrected chi connectivity index (χ2v) is 3.59. The number of aryl methyl sites for hydroxylation is 2. The first kappa shape index (κ1) is 11.8. The Labute approximate surface area is 91.2 Å². The first-order valence-corrected chi connectivity index (χ1v) is 5.30. The fourth-order valence-electron chi connectivity index (χ4n) is 1.46. The van der Waals surface area contributed by atoms with Crippen molar-refractivity contribution in [3.8, 4) is 0 Å². The third-order valence-corrected chi connectivity index (χ3v) is 2.33. The molecule has 0 aliphatic heterocycles. The second kappa shape index (κ2) is 5.53. The predicted molar refractivity (Wildman–Crippen MR) is 59.9 cm³/mol. The van der Waals surface area contributed by atoms with Crippen LogP contribution in [0.2, 0.25) is 0 Å². The second-order valence-electron chi connectivity index (χ2n) is 3.59. The van der Waals surface area contributed by atoms with E-state index in [2.05, 4.69) is 11.9 Å². The molecule has 0 N–H and O–H groups in total. The SMILES string of the molecule is CCCCN=C(OC)c1n(C)cc[n+]1C. The van der Waals surface area contributed by atoms with Crippen molar-refractivity contribution >= 4 is 5.90 Å². The lowest BCUT2D eigenvalue weighted by Gasteiger charge is -2.02. The monoisotopic (exact) mass is 210 g/mol. The minimum Gasteiger partial charge on any atom is -0.475 e. The Bertz CT molecular complexity index is 322. The molecule has 0 aliphatic rings. The molecule has 4 heteroatoms. The van der Waals surface area contributed by atoms with E-state index in [9.17, 15) is 0 Å². The number of hydrogen-bond donors (Lipinski definition) is 0. The van der Waals surface area contributed by atoms with E-state index in [4.69, 9.17) is 4.74 Å². The highest BCUT2D eigenvalue weighted by Gasteiger charge is 2.19. The molecule has 0 bridgehead atoms. The van der Waals surface area contributed by atoms with Gasteiger partial charge in [0.25, 0.3) is 0 Å². The molecule has 0 aliphatic carbocycles. The average molecular weight is 210 g/mol. The fourth-order valence-corrected chi connectivity index (χ4v) is 1.46. The van der Waals surface area contributed by atoms with Crippen molar-refractivity contribution in [3.63, 3.8) is 0 Å². The van der Waals surface area contributed by atoms with Gasteiger partial charge in [-0.1, -0.05) is 13.3 Å². The molecule has 0 fully saturated rings. The zero-order valence-electron chi connectivity index (χ0n) is 10.0. The molecule has 1 heterocycles. The van der Waals surface area contributed by atoms with E-state index in [1.54, 1.807) is 7.11 Å². The van der Waals surface area contributed by atoms with Gasteiger partial charge >= 0.3 is 11.7 Å². The number of ether oxygens (including phenoxy) is 1. The van der Waals surface area contributed by atoms with E-state index in [-0.39, 0.29) is 0 Å². The molecular formula is C11H20N3O+. The van der Waals surface area contributed by atoms with Crippen LogP contribution in [0.4, 0.5) is 0 Å². The summed E-state index contributed by atoms with van der Waals surface area (Å²) < 4.78 is 9.33. The number of aromatic nitrogens is 2. The summed E-state index contributed by atoms with van der Waals surface area (Å²) in [6.45, 7) is 2.98. The Morgan fingerprint density at radius 1 is 1.60 bits per heavy atom. The zero-order valence-corrected chi connectivity index (χ0v) is 10.0. The Morgan fingerprint density at radius 2 is 2.33 bits per heavy atom.